The third-order valence-corrected chi connectivity index (χ3v) is 5.08. The Morgan fingerprint density at radius 2 is 1.96 bits per heavy atom. The van der Waals surface area contributed by atoms with Gasteiger partial charge in [-0.05, 0) is 42.2 Å². The molecule has 0 aliphatic carbocycles. The molecule has 1 aliphatic heterocycles. The molecular formula is C21H21ClN2. The summed E-state index contributed by atoms with van der Waals surface area (Å²) >= 11 is 6.17. The lowest BCUT2D eigenvalue weighted by atomic mass is 9.98. The van der Waals surface area contributed by atoms with Crippen LogP contribution in [-0.2, 0) is 6.42 Å². The number of nitrogens with one attached hydrogen (secondary N) is 1. The summed E-state index contributed by atoms with van der Waals surface area (Å²) in [5.74, 6) is 0. The summed E-state index contributed by atoms with van der Waals surface area (Å²) in [4.78, 5) is 5.88. The Labute approximate surface area is 147 Å². The molecule has 24 heavy (non-hydrogen) atoms. The van der Waals surface area contributed by atoms with Crippen LogP contribution in [0.4, 0.5) is 0 Å². The third kappa shape index (κ3) is 3.26. The highest BCUT2D eigenvalue weighted by atomic mass is 35.5. The average Bonchev–Trinajstić information content (AvgIpc) is 3.04. The minimum Gasteiger partial charge on any atom is -0.361 e. The monoisotopic (exact) mass is 336 g/mol. The minimum absolute atomic E-state index is 0.796. The Bertz CT molecular complexity index is 864. The zero-order valence-electron chi connectivity index (χ0n) is 13.6. The molecule has 0 saturated carbocycles. The maximum Gasteiger partial charge on any atom is 0.0461 e. The second-order valence-corrected chi connectivity index (χ2v) is 6.84. The number of aromatic nitrogens is 1. The van der Waals surface area contributed by atoms with Crippen LogP contribution in [-0.4, -0.2) is 29.5 Å². The van der Waals surface area contributed by atoms with E-state index in [9.17, 15) is 0 Å². The van der Waals surface area contributed by atoms with Gasteiger partial charge in [0, 0.05) is 47.3 Å². The molecule has 0 fully saturated rings. The van der Waals surface area contributed by atoms with Gasteiger partial charge < -0.3 is 4.98 Å². The van der Waals surface area contributed by atoms with E-state index in [-0.39, 0.29) is 0 Å². The van der Waals surface area contributed by atoms with E-state index in [0.717, 1.165) is 43.0 Å². The van der Waals surface area contributed by atoms with Crippen molar-refractivity contribution in [3.63, 3.8) is 0 Å². The molecule has 0 bridgehead atoms. The fourth-order valence-corrected chi connectivity index (χ4v) is 3.62. The molecule has 1 aromatic heterocycles. The summed E-state index contributed by atoms with van der Waals surface area (Å²) in [5, 5.41) is 2.02. The second-order valence-electron chi connectivity index (χ2n) is 6.41. The number of halogens is 1. The van der Waals surface area contributed by atoms with E-state index < -0.39 is 0 Å². The second kappa shape index (κ2) is 6.84. The van der Waals surface area contributed by atoms with Crippen molar-refractivity contribution in [2.75, 3.05) is 19.6 Å². The van der Waals surface area contributed by atoms with Crippen LogP contribution in [0, 0.1) is 0 Å². The van der Waals surface area contributed by atoms with Crippen LogP contribution >= 0.6 is 11.6 Å². The highest BCUT2D eigenvalue weighted by Crippen LogP contribution is 2.30. The number of H-pyrrole nitrogens is 1. The standard InChI is InChI=1S/C21H21ClN2/c22-18-6-7-21-19(14-18)20(15-23-21)17-9-12-24(13-10-17)11-8-16-4-2-1-3-5-16/h1-7,9,14-15,23H,8,10-13H2. The fraction of sp³-hybridized carbons (Fsp3) is 0.238. The van der Waals surface area contributed by atoms with Gasteiger partial charge in [-0.1, -0.05) is 48.0 Å². The third-order valence-electron chi connectivity index (χ3n) is 4.84. The van der Waals surface area contributed by atoms with Crippen LogP contribution in [0.2, 0.25) is 5.02 Å². The maximum atomic E-state index is 6.17. The SMILES string of the molecule is Clc1ccc2[nH]cc(C3=CCN(CCc4ccccc4)CC3)c2c1. The van der Waals surface area contributed by atoms with Crippen molar-refractivity contribution in [1.82, 2.24) is 9.88 Å². The molecule has 2 heterocycles. The number of hydrogen-bond donors (Lipinski definition) is 1. The van der Waals surface area contributed by atoms with E-state index >= 15 is 0 Å². The summed E-state index contributed by atoms with van der Waals surface area (Å²) < 4.78 is 0. The molecule has 122 valence electrons. The van der Waals surface area contributed by atoms with E-state index in [1.165, 1.54) is 22.1 Å². The van der Waals surface area contributed by atoms with Crippen LogP contribution < -0.4 is 0 Å². The summed E-state index contributed by atoms with van der Waals surface area (Å²) in [5.41, 5.74) is 5.30. The first-order valence-corrected chi connectivity index (χ1v) is 8.90. The predicted octanol–water partition coefficient (Wildman–Crippen LogP) is 5.15. The first-order valence-electron chi connectivity index (χ1n) is 8.52. The van der Waals surface area contributed by atoms with Crippen LogP contribution in [0.5, 0.6) is 0 Å². The molecule has 0 spiro atoms. The lowest BCUT2D eigenvalue weighted by Crippen LogP contribution is -2.30. The summed E-state index contributed by atoms with van der Waals surface area (Å²) in [6, 6.07) is 16.8. The van der Waals surface area contributed by atoms with E-state index in [4.69, 9.17) is 11.6 Å². The Morgan fingerprint density at radius 1 is 1.08 bits per heavy atom. The topological polar surface area (TPSA) is 19.0 Å². The zero-order chi connectivity index (χ0) is 16.4. The van der Waals surface area contributed by atoms with Crippen molar-refractivity contribution in [2.45, 2.75) is 12.8 Å². The number of fused-ring (bicyclic) bond motifs is 1. The zero-order valence-corrected chi connectivity index (χ0v) is 14.4. The molecule has 2 aromatic carbocycles. The summed E-state index contributed by atoms with van der Waals surface area (Å²) in [6.45, 7) is 3.26. The van der Waals surface area contributed by atoms with Gasteiger partial charge in [0.1, 0.15) is 0 Å². The summed E-state index contributed by atoms with van der Waals surface area (Å²) in [7, 11) is 0. The van der Waals surface area contributed by atoms with Crippen LogP contribution in [0.1, 0.15) is 17.5 Å². The molecule has 1 aliphatic rings. The first-order chi connectivity index (χ1) is 11.8. The van der Waals surface area contributed by atoms with Crippen LogP contribution in [0.25, 0.3) is 16.5 Å². The van der Waals surface area contributed by atoms with E-state index in [1.807, 2.05) is 6.07 Å². The van der Waals surface area contributed by atoms with Crippen molar-refractivity contribution in [3.05, 3.63) is 77.0 Å². The van der Waals surface area contributed by atoms with Gasteiger partial charge in [0.15, 0.2) is 0 Å². The predicted molar refractivity (Wildman–Crippen MR) is 102 cm³/mol. The minimum atomic E-state index is 0.796. The van der Waals surface area contributed by atoms with Crippen LogP contribution in [0.15, 0.2) is 60.8 Å². The molecule has 0 saturated heterocycles. The number of nitrogens with zero attached hydrogens (tertiary/aromatic N) is 1. The van der Waals surface area contributed by atoms with Crippen molar-refractivity contribution >= 4 is 28.1 Å². The van der Waals surface area contributed by atoms with E-state index in [2.05, 4.69) is 64.6 Å². The molecule has 0 atom stereocenters. The normalized spacial score (nSPS) is 15.6. The quantitative estimate of drug-likeness (QED) is 0.697. The average molecular weight is 337 g/mol. The molecule has 3 heteroatoms. The first kappa shape index (κ1) is 15.5. The van der Waals surface area contributed by atoms with Crippen molar-refractivity contribution < 1.29 is 0 Å². The Kier molecular flexibility index (Phi) is 4.42. The summed E-state index contributed by atoms with van der Waals surface area (Å²) in [6.07, 6.45) is 6.70. The van der Waals surface area contributed by atoms with Gasteiger partial charge in [-0.25, -0.2) is 0 Å². The molecule has 3 aromatic rings. The molecule has 1 N–H and O–H groups in total. The number of benzene rings is 2. The fourth-order valence-electron chi connectivity index (χ4n) is 3.45. The number of aromatic amines is 1. The Balaban J connectivity index is 1.45. The van der Waals surface area contributed by atoms with Gasteiger partial charge >= 0.3 is 0 Å². The highest BCUT2D eigenvalue weighted by Gasteiger charge is 2.15. The number of rotatable bonds is 4. The van der Waals surface area contributed by atoms with Gasteiger partial charge in [-0.3, -0.25) is 4.90 Å². The lowest BCUT2D eigenvalue weighted by molar-refractivity contribution is 0.306. The smallest absolute Gasteiger partial charge is 0.0461 e. The van der Waals surface area contributed by atoms with Gasteiger partial charge in [0.25, 0.3) is 0 Å². The highest BCUT2D eigenvalue weighted by molar-refractivity contribution is 6.31. The Hall–Kier alpha value is -2.03. The molecular weight excluding hydrogens is 316 g/mol. The molecule has 0 radical (unpaired) electrons. The van der Waals surface area contributed by atoms with Gasteiger partial charge in [0.2, 0.25) is 0 Å². The van der Waals surface area contributed by atoms with Crippen molar-refractivity contribution in [1.29, 1.82) is 0 Å². The van der Waals surface area contributed by atoms with Crippen molar-refractivity contribution in [2.24, 2.45) is 0 Å². The largest absolute Gasteiger partial charge is 0.361 e. The van der Waals surface area contributed by atoms with Gasteiger partial charge in [-0.2, -0.15) is 0 Å². The molecule has 0 amide bonds. The van der Waals surface area contributed by atoms with E-state index in [1.54, 1.807) is 0 Å². The molecule has 2 nitrogen and oxygen atoms in total. The maximum absolute atomic E-state index is 6.17. The Morgan fingerprint density at radius 3 is 2.75 bits per heavy atom. The van der Waals surface area contributed by atoms with Gasteiger partial charge in [-0.15, -0.1) is 0 Å². The molecule has 4 rings (SSSR count). The molecule has 0 unspecified atom stereocenters. The van der Waals surface area contributed by atoms with Crippen molar-refractivity contribution in [3.8, 4) is 0 Å². The van der Waals surface area contributed by atoms with Gasteiger partial charge in [0.05, 0.1) is 0 Å². The lowest BCUT2D eigenvalue weighted by Gasteiger charge is -2.26. The van der Waals surface area contributed by atoms with Crippen LogP contribution in [0.3, 0.4) is 0 Å². The number of hydrogen-bond acceptors (Lipinski definition) is 1. The van der Waals surface area contributed by atoms with E-state index in [0.29, 0.717) is 0 Å².